The van der Waals surface area contributed by atoms with Crippen molar-refractivity contribution >= 4 is 0 Å². The van der Waals surface area contributed by atoms with Crippen LogP contribution in [-0.2, 0) is 0 Å². The molecule has 0 saturated carbocycles. The van der Waals surface area contributed by atoms with E-state index in [0.29, 0.717) is 5.75 Å². The summed E-state index contributed by atoms with van der Waals surface area (Å²) in [6, 6.07) is 4.75. The summed E-state index contributed by atoms with van der Waals surface area (Å²) in [5.41, 5.74) is 0.968. The van der Waals surface area contributed by atoms with Gasteiger partial charge in [-0.05, 0) is 6.07 Å². The first-order valence-corrected chi connectivity index (χ1v) is 6.17. The van der Waals surface area contributed by atoms with Crippen LogP contribution in [0.5, 0.6) is 5.75 Å². The third-order valence-corrected chi connectivity index (χ3v) is 3.28. The molecule has 1 fully saturated rings. The molecule has 1 saturated heterocycles. The Morgan fingerprint density at radius 3 is 2.78 bits per heavy atom. The summed E-state index contributed by atoms with van der Waals surface area (Å²) >= 11 is 0. The van der Waals surface area contributed by atoms with Gasteiger partial charge in [0.2, 0.25) is 0 Å². The molecule has 1 aromatic carbocycles. The Morgan fingerprint density at radius 2 is 2.17 bits per heavy atom. The molecule has 2 rings (SSSR count). The molecular weight excluding hydrogens is 231 g/mol. The van der Waals surface area contributed by atoms with Crippen LogP contribution in [-0.4, -0.2) is 38.2 Å². The molecule has 1 atom stereocenters. The van der Waals surface area contributed by atoms with E-state index in [2.05, 4.69) is 16.8 Å². The lowest BCUT2D eigenvalue weighted by Crippen LogP contribution is -2.44. The van der Waals surface area contributed by atoms with Gasteiger partial charge in [0.05, 0.1) is 13.2 Å². The Labute approximate surface area is 107 Å². The minimum absolute atomic E-state index is 0.0719. The Balaban J connectivity index is 2.28. The highest BCUT2D eigenvalue weighted by atomic mass is 19.1. The van der Waals surface area contributed by atoms with Gasteiger partial charge < -0.3 is 10.1 Å². The fourth-order valence-electron chi connectivity index (χ4n) is 2.36. The third-order valence-electron chi connectivity index (χ3n) is 3.28. The van der Waals surface area contributed by atoms with E-state index < -0.39 is 0 Å². The molecule has 18 heavy (non-hydrogen) atoms. The zero-order valence-corrected chi connectivity index (χ0v) is 10.7. The fourth-order valence-corrected chi connectivity index (χ4v) is 2.36. The van der Waals surface area contributed by atoms with Gasteiger partial charge in [-0.15, -0.1) is 6.58 Å². The van der Waals surface area contributed by atoms with Crippen molar-refractivity contribution in [3.63, 3.8) is 0 Å². The number of piperazine rings is 1. The molecule has 0 radical (unpaired) electrons. The summed E-state index contributed by atoms with van der Waals surface area (Å²) in [6.07, 6.45) is 1.89. The number of benzene rings is 1. The number of methoxy groups -OCH3 is 1. The number of nitrogens with zero attached hydrogens (tertiary/aromatic N) is 1. The molecule has 0 bridgehead atoms. The van der Waals surface area contributed by atoms with Crippen LogP contribution in [0.3, 0.4) is 0 Å². The van der Waals surface area contributed by atoms with Gasteiger partial charge in [-0.25, -0.2) is 4.39 Å². The molecule has 0 aliphatic carbocycles. The molecule has 0 spiro atoms. The SMILES string of the molecule is C=C[C@@H](c1ccc(F)cc1OC)N1CCNCC1. The van der Waals surface area contributed by atoms with E-state index in [0.717, 1.165) is 31.7 Å². The second kappa shape index (κ2) is 5.98. The molecule has 1 aliphatic heterocycles. The van der Waals surface area contributed by atoms with Crippen molar-refractivity contribution < 1.29 is 9.13 Å². The predicted molar refractivity (Wildman–Crippen MR) is 70.3 cm³/mol. The van der Waals surface area contributed by atoms with Crippen LogP contribution in [0.25, 0.3) is 0 Å². The summed E-state index contributed by atoms with van der Waals surface area (Å²) in [4.78, 5) is 2.32. The van der Waals surface area contributed by atoms with Crippen LogP contribution in [0.2, 0.25) is 0 Å². The van der Waals surface area contributed by atoms with Crippen LogP contribution < -0.4 is 10.1 Å². The fraction of sp³-hybridized carbons (Fsp3) is 0.429. The maximum absolute atomic E-state index is 13.2. The van der Waals surface area contributed by atoms with Crippen molar-refractivity contribution in [3.05, 3.63) is 42.2 Å². The Bertz CT molecular complexity index is 416. The second-order valence-electron chi connectivity index (χ2n) is 4.35. The molecule has 98 valence electrons. The van der Waals surface area contributed by atoms with Gasteiger partial charge in [-0.1, -0.05) is 12.1 Å². The van der Waals surface area contributed by atoms with E-state index in [9.17, 15) is 4.39 Å². The smallest absolute Gasteiger partial charge is 0.126 e. The summed E-state index contributed by atoms with van der Waals surface area (Å²) in [5.74, 6) is 0.303. The van der Waals surface area contributed by atoms with Crippen molar-refractivity contribution in [1.82, 2.24) is 10.2 Å². The summed E-state index contributed by atoms with van der Waals surface area (Å²) in [7, 11) is 1.57. The lowest BCUT2D eigenvalue weighted by molar-refractivity contribution is 0.200. The molecule has 4 heteroatoms. The first-order chi connectivity index (χ1) is 8.76. The number of nitrogens with one attached hydrogen (secondary N) is 1. The summed E-state index contributed by atoms with van der Waals surface area (Å²) < 4.78 is 18.5. The van der Waals surface area contributed by atoms with E-state index >= 15 is 0 Å². The molecule has 1 aromatic rings. The van der Waals surface area contributed by atoms with Crippen LogP contribution in [0.15, 0.2) is 30.9 Å². The van der Waals surface area contributed by atoms with Gasteiger partial charge in [0.15, 0.2) is 0 Å². The molecule has 0 aromatic heterocycles. The third kappa shape index (κ3) is 2.71. The highest BCUT2D eigenvalue weighted by Gasteiger charge is 2.22. The minimum atomic E-state index is -0.279. The molecule has 1 heterocycles. The quantitative estimate of drug-likeness (QED) is 0.827. The topological polar surface area (TPSA) is 24.5 Å². The highest BCUT2D eigenvalue weighted by molar-refractivity contribution is 5.38. The lowest BCUT2D eigenvalue weighted by Gasteiger charge is -2.34. The second-order valence-corrected chi connectivity index (χ2v) is 4.35. The van der Waals surface area contributed by atoms with Crippen molar-refractivity contribution in [2.24, 2.45) is 0 Å². The first kappa shape index (κ1) is 13.1. The Morgan fingerprint density at radius 1 is 1.44 bits per heavy atom. The number of halogens is 1. The highest BCUT2D eigenvalue weighted by Crippen LogP contribution is 2.31. The van der Waals surface area contributed by atoms with E-state index in [1.54, 1.807) is 13.2 Å². The molecular formula is C14H19FN2O. The maximum atomic E-state index is 13.2. The largest absolute Gasteiger partial charge is 0.496 e. The Hall–Kier alpha value is -1.39. The Kier molecular flexibility index (Phi) is 4.33. The van der Waals surface area contributed by atoms with Crippen molar-refractivity contribution in [1.29, 1.82) is 0 Å². The lowest BCUT2D eigenvalue weighted by atomic mass is 10.0. The van der Waals surface area contributed by atoms with Crippen molar-refractivity contribution in [2.45, 2.75) is 6.04 Å². The standard InChI is InChI=1S/C14H19FN2O/c1-3-13(17-8-6-16-7-9-17)12-5-4-11(15)10-14(12)18-2/h3-5,10,13,16H,1,6-9H2,2H3/t13-/m0/s1. The van der Waals surface area contributed by atoms with Gasteiger partial charge in [-0.2, -0.15) is 0 Å². The van der Waals surface area contributed by atoms with Gasteiger partial charge in [-0.3, -0.25) is 4.90 Å². The average molecular weight is 250 g/mol. The average Bonchev–Trinajstić information content (AvgIpc) is 2.42. The van der Waals surface area contributed by atoms with Crippen LogP contribution in [0, 0.1) is 5.82 Å². The van der Waals surface area contributed by atoms with E-state index in [4.69, 9.17) is 4.74 Å². The van der Waals surface area contributed by atoms with E-state index in [-0.39, 0.29) is 11.9 Å². The molecule has 3 nitrogen and oxygen atoms in total. The number of ether oxygens (including phenoxy) is 1. The molecule has 0 unspecified atom stereocenters. The van der Waals surface area contributed by atoms with Gasteiger partial charge in [0, 0.05) is 37.8 Å². The van der Waals surface area contributed by atoms with Gasteiger partial charge in [0.25, 0.3) is 0 Å². The summed E-state index contributed by atoms with van der Waals surface area (Å²) in [6.45, 7) is 7.74. The number of hydrogen-bond acceptors (Lipinski definition) is 3. The number of rotatable bonds is 4. The maximum Gasteiger partial charge on any atom is 0.126 e. The number of hydrogen-bond donors (Lipinski definition) is 1. The van der Waals surface area contributed by atoms with E-state index in [1.807, 2.05) is 6.08 Å². The molecule has 1 aliphatic rings. The zero-order valence-electron chi connectivity index (χ0n) is 10.7. The monoisotopic (exact) mass is 250 g/mol. The predicted octanol–water partition coefficient (Wildman–Crippen LogP) is 1.97. The van der Waals surface area contributed by atoms with Crippen LogP contribution in [0.4, 0.5) is 4.39 Å². The zero-order chi connectivity index (χ0) is 13.0. The normalized spacial score (nSPS) is 18.3. The molecule has 1 N–H and O–H groups in total. The summed E-state index contributed by atoms with van der Waals surface area (Å²) in [5, 5.41) is 3.32. The van der Waals surface area contributed by atoms with Crippen molar-refractivity contribution in [2.75, 3.05) is 33.3 Å². The van der Waals surface area contributed by atoms with Crippen molar-refractivity contribution in [3.8, 4) is 5.75 Å². The van der Waals surface area contributed by atoms with Gasteiger partial charge in [0.1, 0.15) is 11.6 Å². The van der Waals surface area contributed by atoms with Gasteiger partial charge >= 0.3 is 0 Å². The van der Waals surface area contributed by atoms with Crippen LogP contribution in [0.1, 0.15) is 11.6 Å². The molecule has 0 amide bonds. The minimum Gasteiger partial charge on any atom is -0.496 e. The van der Waals surface area contributed by atoms with E-state index in [1.165, 1.54) is 12.1 Å². The first-order valence-electron chi connectivity index (χ1n) is 6.17. The van der Waals surface area contributed by atoms with Crippen LogP contribution >= 0.6 is 0 Å².